The summed E-state index contributed by atoms with van der Waals surface area (Å²) < 4.78 is 5.62. The molecular weight excluding hydrogens is 367 g/mol. The van der Waals surface area contributed by atoms with Gasteiger partial charge in [0.05, 0.1) is 22.3 Å². The van der Waals surface area contributed by atoms with E-state index in [1.165, 1.54) is 19.3 Å². The lowest BCUT2D eigenvalue weighted by molar-refractivity contribution is 0.317. The van der Waals surface area contributed by atoms with Gasteiger partial charge in [-0.1, -0.05) is 36.2 Å². The monoisotopic (exact) mass is 392 g/mol. The Bertz CT molecular complexity index is 730. The summed E-state index contributed by atoms with van der Waals surface area (Å²) in [5.74, 6) is 0.742. The average molecular weight is 393 g/mol. The molecule has 5 heteroatoms. The molecule has 1 saturated heterocycles. The Labute approximate surface area is 166 Å². The molecule has 0 aliphatic carbocycles. The molecule has 1 N–H and O–H groups in total. The molecule has 140 valence electrons. The van der Waals surface area contributed by atoms with Gasteiger partial charge in [-0.15, -0.1) is 0 Å². The lowest BCUT2D eigenvalue weighted by atomic mass is 10.1. The van der Waals surface area contributed by atoms with Crippen molar-refractivity contribution in [2.24, 2.45) is 0 Å². The number of ether oxygens (including phenoxy) is 1. The van der Waals surface area contributed by atoms with E-state index in [0.29, 0.717) is 18.2 Å². The predicted molar refractivity (Wildman–Crippen MR) is 112 cm³/mol. The van der Waals surface area contributed by atoms with E-state index < -0.39 is 0 Å². The van der Waals surface area contributed by atoms with E-state index in [1.54, 1.807) is 0 Å². The lowest BCUT2D eigenvalue weighted by Crippen LogP contribution is -2.29. The average Bonchev–Trinajstić information content (AvgIpc) is 2.66. The van der Waals surface area contributed by atoms with Gasteiger partial charge in [-0.2, -0.15) is 0 Å². The summed E-state index contributed by atoms with van der Waals surface area (Å²) in [5, 5.41) is 4.87. The number of nitrogens with one attached hydrogen (secondary N) is 1. The first-order chi connectivity index (χ1) is 12.7. The van der Waals surface area contributed by atoms with Gasteiger partial charge in [0.25, 0.3) is 0 Å². The molecule has 1 aliphatic rings. The molecule has 0 bridgehead atoms. The summed E-state index contributed by atoms with van der Waals surface area (Å²) in [4.78, 5) is 2.38. The number of anilines is 2. The molecule has 2 aromatic carbocycles. The van der Waals surface area contributed by atoms with Gasteiger partial charge in [-0.25, -0.2) is 0 Å². The van der Waals surface area contributed by atoms with Gasteiger partial charge in [-0.3, -0.25) is 0 Å². The van der Waals surface area contributed by atoms with Crippen LogP contribution in [0.1, 0.15) is 38.2 Å². The molecule has 1 heterocycles. The van der Waals surface area contributed by atoms with Crippen LogP contribution in [0.2, 0.25) is 10.0 Å². The van der Waals surface area contributed by atoms with Gasteiger partial charge < -0.3 is 15.0 Å². The molecule has 1 fully saturated rings. The van der Waals surface area contributed by atoms with Crippen LogP contribution in [0.5, 0.6) is 5.75 Å². The number of rotatable bonds is 7. The van der Waals surface area contributed by atoms with E-state index in [-0.39, 0.29) is 0 Å². The van der Waals surface area contributed by atoms with Crippen LogP contribution in [0.3, 0.4) is 0 Å². The quantitative estimate of drug-likeness (QED) is 0.590. The summed E-state index contributed by atoms with van der Waals surface area (Å²) in [7, 11) is 0. The molecule has 1 aliphatic heterocycles. The van der Waals surface area contributed by atoms with Gasteiger partial charge in [0, 0.05) is 25.3 Å². The van der Waals surface area contributed by atoms with Gasteiger partial charge in [-0.05, 0) is 61.6 Å². The highest BCUT2D eigenvalue weighted by Gasteiger charge is 2.14. The van der Waals surface area contributed by atoms with E-state index >= 15 is 0 Å². The fraction of sp³-hybridized carbons (Fsp3) is 0.429. The first kappa shape index (κ1) is 19.2. The Hall–Kier alpha value is -1.58. The molecule has 0 atom stereocenters. The highest BCUT2D eigenvalue weighted by molar-refractivity contribution is 6.33. The minimum atomic E-state index is 0.649. The maximum absolute atomic E-state index is 6.52. The number of piperidine rings is 1. The van der Waals surface area contributed by atoms with Crippen molar-refractivity contribution in [1.29, 1.82) is 0 Å². The number of nitrogens with zero attached hydrogens (tertiary/aromatic N) is 1. The normalized spacial score (nSPS) is 14.3. The van der Waals surface area contributed by atoms with Gasteiger partial charge in [0.1, 0.15) is 5.75 Å². The third kappa shape index (κ3) is 4.99. The van der Waals surface area contributed by atoms with Crippen molar-refractivity contribution in [2.45, 2.75) is 39.2 Å². The molecule has 3 nitrogen and oxygen atoms in total. The topological polar surface area (TPSA) is 24.5 Å². The summed E-state index contributed by atoms with van der Waals surface area (Å²) in [6, 6.07) is 12.1. The fourth-order valence-electron chi connectivity index (χ4n) is 3.20. The second kappa shape index (κ2) is 9.38. The molecule has 2 aromatic rings. The molecule has 0 aromatic heterocycles. The maximum atomic E-state index is 6.52. The zero-order valence-electron chi connectivity index (χ0n) is 15.2. The third-order valence-electron chi connectivity index (χ3n) is 4.60. The summed E-state index contributed by atoms with van der Waals surface area (Å²) in [5.41, 5.74) is 3.26. The number of benzene rings is 2. The second-order valence-corrected chi connectivity index (χ2v) is 7.50. The molecule has 0 saturated carbocycles. The predicted octanol–water partition coefficient (Wildman–Crippen LogP) is 6.38. The zero-order chi connectivity index (χ0) is 18.4. The molecule has 3 rings (SSSR count). The largest absolute Gasteiger partial charge is 0.492 e. The summed E-state index contributed by atoms with van der Waals surface area (Å²) in [6.45, 7) is 5.63. The Kier molecular flexibility index (Phi) is 6.93. The van der Waals surface area contributed by atoms with Crippen molar-refractivity contribution in [2.75, 3.05) is 29.9 Å². The number of hydrogen-bond donors (Lipinski definition) is 1. The van der Waals surface area contributed by atoms with Crippen LogP contribution < -0.4 is 15.0 Å². The Balaban J connectivity index is 1.61. The van der Waals surface area contributed by atoms with E-state index in [4.69, 9.17) is 27.9 Å². The van der Waals surface area contributed by atoms with Crippen molar-refractivity contribution in [3.05, 3.63) is 52.0 Å². The molecule has 0 spiro atoms. The fourth-order valence-corrected chi connectivity index (χ4v) is 3.75. The molecule has 0 unspecified atom stereocenters. The minimum Gasteiger partial charge on any atom is -0.492 e. The second-order valence-electron chi connectivity index (χ2n) is 6.68. The molecule has 0 radical (unpaired) electrons. The van der Waals surface area contributed by atoms with Crippen molar-refractivity contribution in [3.8, 4) is 5.75 Å². The van der Waals surface area contributed by atoms with Crippen molar-refractivity contribution in [3.63, 3.8) is 0 Å². The Morgan fingerprint density at radius 2 is 1.81 bits per heavy atom. The van der Waals surface area contributed by atoms with E-state index in [1.807, 2.05) is 24.3 Å². The van der Waals surface area contributed by atoms with E-state index in [9.17, 15) is 0 Å². The molecule has 0 amide bonds. The first-order valence-corrected chi connectivity index (χ1v) is 10.1. The molecular formula is C21H26Cl2N2O. The number of halogens is 2. The van der Waals surface area contributed by atoms with Crippen molar-refractivity contribution >= 4 is 34.6 Å². The van der Waals surface area contributed by atoms with E-state index in [0.717, 1.165) is 47.2 Å². The Morgan fingerprint density at radius 3 is 2.50 bits per heavy atom. The number of hydrogen-bond acceptors (Lipinski definition) is 3. The van der Waals surface area contributed by atoms with Crippen LogP contribution in [0.15, 0.2) is 36.4 Å². The van der Waals surface area contributed by atoms with Gasteiger partial charge >= 0.3 is 0 Å². The van der Waals surface area contributed by atoms with Crippen LogP contribution >= 0.6 is 23.2 Å². The smallest absolute Gasteiger partial charge is 0.137 e. The highest BCUT2D eigenvalue weighted by atomic mass is 35.5. The van der Waals surface area contributed by atoms with Crippen molar-refractivity contribution < 1.29 is 4.74 Å². The zero-order valence-corrected chi connectivity index (χ0v) is 16.7. The Morgan fingerprint density at radius 1 is 1.00 bits per heavy atom. The third-order valence-corrected chi connectivity index (χ3v) is 5.20. The highest BCUT2D eigenvalue weighted by Crippen LogP contribution is 2.31. The van der Waals surface area contributed by atoms with Gasteiger partial charge in [0.2, 0.25) is 0 Å². The SMILES string of the molecule is CCCOc1ccc(CNc2ccc(N3CCCCC3)c(Cl)c2)cc1Cl. The minimum absolute atomic E-state index is 0.649. The maximum Gasteiger partial charge on any atom is 0.137 e. The van der Waals surface area contributed by atoms with E-state index in [2.05, 4.69) is 29.3 Å². The summed E-state index contributed by atoms with van der Waals surface area (Å²) in [6.07, 6.45) is 4.77. The van der Waals surface area contributed by atoms with Gasteiger partial charge in [0.15, 0.2) is 0 Å². The van der Waals surface area contributed by atoms with Crippen LogP contribution in [-0.4, -0.2) is 19.7 Å². The van der Waals surface area contributed by atoms with Crippen LogP contribution in [0.4, 0.5) is 11.4 Å². The standard InChI is InChI=1S/C21H26Cl2N2O/c1-2-12-26-21-9-6-16(13-19(21)23)15-24-17-7-8-20(18(22)14-17)25-10-4-3-5-11-25/h6-9,13-14,24H,2-5,10-12,15H2,1H3. The van der Waals surface area contributed by atoms with Crippen LogP contribution in [-0.2, 0) is 6.54 Å². The first-order valence-electron chi connectivity index (χ1n) is 9.37. The van der Waals surface area contributed by atoms with Crippen LogP contribution in [0, 0.1) is 0 Å². The lowest BCUT2D eigenvalue weighted by Gasteiger charge is -2.29. The van der Waals surface area contributed by atoms with Crippen molar-refractivity contribution in [1.82, 2.24) is 0 Å². The summed E-state index contributed by atoms with van der Waals surface area (Å²) >= 11 is 12.8. The van der Waals surface area contributed by atoms with Crippen LogP contribution in [0.25, 0.3) is 0 Å². The molecule has 26 heavy (non-hydrogen) atoms.